The first-order valence-corrected chi connectivity index (χ1v) is 8.53. The smallest absolute Gasteiger partial charge is 0.0484 e. The van der Waals surface area contributed by atoms with Gasteiger partial charge < -0.3 is 10.6 Å². The third kappa shape index (κ3) is 2.24. The minimum absolute atomic E-state index is 0.628. The standard InChI is InChI=1S/C18H26N2/c1-2-7-13(8-3-1)19-17-12-6-10-15-14-9-4-5-11-16(14)20-18(15)17/h4-5,9,11,13,15,17-20H,1-3,6-8,10,12H2. The molecule has 2 N–H and O–H groups in total. The first kappa shape index (κ1) is 12.7. The average molecular weight is 270 g/mol. The van der Waals surface area contributed by atoms with Gasteiger partial charge in [0.05, 0.1) is 0 Å². The quantitative estimate of drug-likeness (QED) is 0.847. The van der Waals surface area contributed by atoms with Gasteiger partial charge >= 0.3 is 0 Å². The Morgan fingerprint density at radius 1 is 0.900 bits per heavy atom. The fourth-order valence-corrected chi connectivity index (χ4v) is 4.64. The van der Waals surface area contributed by atoms with E-state index in [1.807, 2.05) is 0 Å². The molecule has 2 nitrogen and oxygen atoms in total. The van der Waals surface area contributed by atoms with Crippen LogP contribution in [-0.2, 0) is 0 Å². The minimum atomic E-state index is 0.628. The molecule has 3 atom stereocenters. The molecule has 2 fully saturated rings. The number of fused-ring (bicyclic) bond motifs is 3. The van der Waals surface area contributed by atoms with Gasteiger partial charge in [-0.1, -0.05) is 43.9 Å². The topological polar surface area (TPSA) is 24.1 Å². The van der Waals surface area contributed by atoms with Crippen molar-refractivity contribution in [3.05, 3.63) is 29.8 Å². The molecule has 0 spiro atoms. The van der Waals surface area contributed by atoms with E-state index >= 15 is 0 Å². The van der Waals surface area contributed by atoms with Gasteiger partial charge in [-0.3, -0.25) is 0 Å². The summed E-state index contributed by atoms with van der Waals surface area (Å²) in [6.45, 7) is 0. The van der Waals surface area contributed by atoms with Crippen molar-refractivity contribution < 1.29 is 0 Å². The Bertz CT molecular complexity index is 464. The van der Waals surface area contributed by atoms with Crippen LogP contribution in [0, 0.1) is 0 Å². The molecule has 2 heteroatoms. The van der Waals surface area contributed by atoms with Gasteiger partial charge in [0.25, 0.3) is 0 Å². The second-order valence-corrected chi connectivity index (χ2v) is 6.90. The number of para-hydroxylation sites is 1. The van der Waals surface area contributed by atoms with Crippen LogP contribution in [0.25, 0.3) is 0 Å². The molecule has 20 heavy (non-hydrogen) atoms. The van der Waals surface area contributed by atoms with E-state index in [1.54, 1.807) is 5.56 Å². The molecule has 0 aromatic heterocycles. The maximum atomic E-state index is 4.00. The van der Waals surface area contributed by atoms with Crippen LogP contribution in [0.5, 0.6) is 0 Å². The molecule has 2 saturated carbocycles. The molecule has 4 rings (SSSR count). The van der Waals surface area contributed by atoms with Gasteiger partial charge in [-0.25, -0.2) is 0 Å². The molecule has 1 heterocycles. The Balaban J connectivity index is 1.49. The van der Waals surface area contributed by atoms with E-state index in [2.05, 4.69) is 34.9 Å². The van der Waals surface area contributed by atoms with E-state index in [0.717, 1.165) is 12.0 Å². The van der Waals surface area contributed by atoms with Crippen LogP contribution in [-0.4, -0.2) is 18.1 Å². The molecule has 0 amide bonds. The van der Waals surface area contributed by atoms with Gasteiger partial charge in [0.15, 0.2) is 0 Å². The summed E-state index contributed by atoms with van der Waals surface area (Å²) in [5.41, 5.74) is 2.95. The minimum Gasteiger partial charge on any atom is -0.380 e. The van der Waals surface area contributed by atoms with Crippen molar-refractivity contribution in [2.45, 2.75) is 75.4 Å². The second-order valence-electron chi connectivity index (χ2n) is 6.90. The number of anilines is 1. The molecule has 3 aliphatic rings. The first-order valence-electron chi connectivity index (χ1n) is 8.53. The number of hydrogen-bond acceptors (Lipinski definition) is 2. The highest BCUT2D eigenvalue weighted by molar-refractivity contribution is 5.60. The summed E-state index contributed by atoms with van der Waals surface area (Å²) in [6, 6.07) is 11.0. The van der Waals surface area contributed by atoms with Gasteiger partial charge in [0.1, 0.15) is 0 Å². The molecule has 1 aliphatic heterocycles. The van der Waals surface area contributed by atoms with E-state index in [9.17, 15) is 0 Å². The first-order chi connectivity index (χ1) is 9.92. The average Bonchev–Trinajstić information content (AvgIpc) is 2.88. The van der Waals surface area contributed by atoms with E-state index in [4.69, 9.17) is 0 Å². The van der Waals surface area contributed by atoms with Crippen molar-refractivity contribution in [2.24, 2.45) is 0 Å². The Morgan fingerprint density at radius 2 is 1.75 bits per heavy atom. The monoisotopic (exact) mass is 270 g/mol. The van der Waals surface area contributed by atoms with Gasteiger partial charge in [-0.2, -0.15) is 0 Å². The van der Waals surface area contributed by atoms with E-state index in [0.29, 0.717) is 12.1 Å². The van der Waals surface area contributed by atoms with Crippen molar-refractivity contribution in [3.8, 4) is 0 Å². The lowest BCUT2D eigenvalue weighted by molar-refractivity contribution is 0.264. The lowest BCUT2D eigenvalue weighted by Gasteiger charge is -2.38. The van der Waals surface area contributed by atoms with Crippen LogP contribution in [0.3, 0.4) is 0 Å². The summed E-state index contributed by atoms with van der Waals surface area (Å²) in [7, 11) is 0. The third-order valence-corrected chi connectivity index (χ3v) is 5.63. The van der Waals surface area contributed by atoms with Crippen molar-refractivity contribution in [1.82, 2.24) is 5.32 Å². The Hall–Kier alpha value is -1.02. The maximum absolute atomic E-state index is 4.00. The van der Waals surface area contributed by atoms with Crippen LogP contribution in [0.4, 0.5) is 5.69 Å². The summed E-state index contributed by atoms with van der Waals surface area (Å²) in [4.78, 5) is 0. The van der Waals surface area contributed by atoms with Crippen LogP contribution in [0.15, 0.2) is 24.3 Å². The van der Waals surface area contributed by atoms with E-state index in [-0.39, 0.29) is 0 Å². The van der Waals surface area contributed by atoms with Crippen molar-refractivity contribution >= 4 is 5.69 Å². The van der Waals surface area contributed by atoms with Gasteiger partial charge in [-0.15, -0.1) is 0 Å². The molecule has 0 radical (unpaired) electrons. The third-order valence-electron chi connectivity index (χ3n) is 5.63. The molecule has 2 aliphatic carbocycles. The van der Waals surface area contributed by atoms with Crippen LogP contribution in [0.2, 0.25) is 0 Å². The fourth-order valence-electron chi connectivity index (χ4n) is 4.64. The largest absolute Gasteiger partial charge is 0.380 e. The lowest BCUT2D eigenvalue weighted by atomic mass is 9.79. The van der Waals surface area contributed by atoms with Crippen molar-refractivity contribution in [3.63, 3.8) is 0 Å². The summed E-state index contributed by atoms with van der Waals surface area (Å²) in [5.74, 6) is 0.737. The Labute approximate surface area is 122 Å². The van der Waals surface area contributed by atoms with Crippen LogP contribution >= 0.6 is 0 Å². The fraction of sp³-hybridized carbons (Fsp3) is 0.667. The number of rotatable bonds is 2. The Morgan fingerprint density at radius 3 is 2.65 bits per heavy atom. The molecule has 0 saturated heterocycles. The molecule has 3 unspecified atom stereocenters. The highest BCUT2D eigenvalue weighted by Gasteiger charge is 2.40. The maximum Gasteiger partial charge on any atom is 0.0484 e. The number of hydrogen-bond donors (Lipinski definition) is 2. The van der Waals surface area contributed by atoms with E-state index < -0.39 is 0 Å². The molecular formula is C18H26N2. The predicted octanol–water partition coefficient (Wildman–Crippen LogP) is 4.04. The van der Waals surface area contributed by atoms with Crippen LogP contribution in [0.1, 0.15) is 62.8 Å². The molecule has 1 aromatic carbocycles. The summed E-state index contributed by atoms with van der Waals surface area (Å²) in [6.07, 6.45) is 11.1. The zero-order valence-electron chi connectivity index (χ0n) is 12.3. The second kappa shape index (κ2) is 5.40. The highest BCUT2D eigenvalue weighted by Crippen LogP contribution is 2.43. The number of benzene rings is 1. The van der Waals surface area contributed by atoms with Gasteiger partial charge in [0.2, 0.25) is 0 Å². The van der Waals surface area contributed by atoms with Crippen LogP contribution < -0.4 is 10.6 Å². The Kier molecular flexibility index (Phi) is 3.43. The van der Waals surface area contributed by atoms with Gasteiger partial charge in [-0.05, 0) is 37.3 Å². The highest BCUT2D eigenvalue weighted by atomic mass is 15.1. The molecular weight excluding hydrogens is 244 g/mol. The van der Waals surface area contributed by atoms with E-state index in [1.165, 1.54) is 57.1 Å². The molecule has 1 aromatic rings. The summed E-state index contributed by atoms with van der Waals surface area (Å²) >= 11 is 0. The van der Waals surface area contributed by atoms with Gasteiger partial charge in [0, 0.05) is 29.7 Å². The summed E-state index contributed by atoms with van der Waals surface area (Å²) in [5, 5.41) is 7.82. The molecule has 108 valence electrons. The zero-order valence-corrected chi connectivity index (χ0v) is 12.3. The predicted molar refractivity (Wildman–Crippen MR) is 84.2 cm³/mol. The normalized spacial score (nSPS) is 33.3. The zero-order chi connectivity index (χ0) is 13.4. The number of nitrogens with one attached hydrogen (secondary N) is 2. The summed E-state index contributed by atoms with van der Waals surface area (Å²) < 4.78 is 0. The molecule has 0 bridgehead atoms. The van der Waals surface area contributed by atoms with Crippen molar-refractivity contribution in [2.75, 3.05) is 5.32 Å². The SMILES string of the molecule is c1ccc2c(c1)NC1C(NC3CCCCC3)CCCC21. The lowest BCUT2D eigenvalue weighted by Crippen LogP contribution is -2.51. The van der Waals surface area contributed by atoms with Crippen molar-refractivity contribution in [1.29, 1.82) is 0 Å².